The third-order valence-electron chi connectivity index (χ3n) is 4.68. The Morgan fingerprint density at radius 2 is 0.893 bits per heavy atom. The predicted molar refractivity (Wildman–Crippen MR) is 123 cm³/mol. The Kier molecular flexibility index (Phi) is 5.18. The van der Waals surface area contributed by atoms with Crippen LogP contribution in [-0.2, 0) is 0 Å². The van der Waals surface area contributed by atoms with E-state index >= 15 is 0 Å². The topological polar surface area (TPSA) is 29.3 Å². The van der Waals surface area contributed by atoms with E-state index in [-0.39, 0.29) is 0 Å². The molecule has 4 aromatic carbocycles. The molecule has 0 unspecified atom stereocenters. The van der Waals surface area contributed by atoms with Crippen LogP contribution in [0.1, 0.15) is 0 Å². The molecule has 28 heavy (non-hydrogen) atoms. The zero-order valence-electron chi connectivity index (χ0n) is 15.3. The van der Waals surface area contributed by atoms with E-state index in [2.05, 4.69) is 48.5 Å². The standard InChI is InChI=1S/C25H20N2S/c26-25(28)27(23-17-9-7-15-21(23)19-11-3-1-4-12-19)24-18-10-8-16-22(24)20-13-5-2-6-14-20/h1-18H,(H2,26,28). The molecule has 0 spiro atoms. The minimum atomic E-state index is 0.312. The van der Waals surface area contributed by atoms with E-state index in [0.717, 1.165) is 33.6 Å². The number of hydrogen-bond donors (Lipinski definition) is 1. The fraction of sp³-hybridized carbons (Fsp3) is 0. The Morgan fingerprint density at radius 1 is 0.536 bits per heavy atom. The van der Waals surface area contributed by atoms with Crippen LogP contribution in [0.2, 0.25) is 0 Å². The van der Waals surface area contributed by atoms with Crippen molar-refractivity contribution in [1.29, 1.82) is 0 Å². The largest absolute Gasteiger partial charge is 0.376 e. The molecule has 136 valence electrons. The molecule has 2 N–H and O–H groups in total. The summed E-state index contributed by atoms with van der Waals surface area (Å²) in [7, 11) is 0. The van der Waals surface area contributed by atoms with Crippen molar-refractivity contribution in [2.75, 3.05) is 4.90 Å². The van der Waals surface area contributed by atoms with Crippen LogP contribution < -0.4 is 10.6 Å². The van der Waals surface area contributed by atoms with Gasteiger partial charge < -0.3 is 5.73 Å². The molecular formula is C25H20N2S. The molecule has 4 aromatic rings. The summed E-state index contributed by atoms with van der Waals surface area (Å²) in [6.45, 7) is 0. The van der Waals surface area contributed by atoms with Gasteiger partial charge in [0.2, 0.25) is 0 Å². The summed E-state index contributed by atoms with van der Waals surface area (Å²) in [5, 5.41) is 0.312. The van der Waals surface area contributed by atoms with Gasteiger partial charge in [-0.15, -0.1) is 0 Å². The molecule has 0 aliphatic rings. The summed E-state index contributed by atoms with van der Waals surface area (Å²) in [6, 6.07) is 37.0. The Hall–Kier alpha value is -3.43. The van der Waals surface area contributed by atoms with Gasteiger partial charge in [0.1, 0.15) is 0 Å². The summed E-state index contributed by atoms with van der Waals surface area (Å²) in [5.41, 5.74) is 12.6. The summed E-state index contributed by atoms with van der Waals surface area (Å²) >= 11 is 5.50. The highest BCUT2D eigenvalue weighted by Gasteiger charge is 2.19. The number of nitrogens with two attached hydrogens (primary N) is 1. The van der Waals surface area contributed by atoms with Crippen LogP contribution in [0.5, 0.6) is 0 Å². The second-order valence-corrected chi connectivity index (χ2v) is 6.86. The van der Waals surface area contributed by atoms with Crippen LogP contribution in [0.25, 0.3) is 22.3 Å². The van der Waals surface area contributed by atoms with Gasteiger partial charge in [0.25, 0.3) is 0 Å². The first kappa shape index (κ1) is 18.0. The van der Waals surface area contributed by atoms with Crippen molar-refractivity contribution in [3.05, 3.63) is 109 Å². The number of benzene rings is 4. The van der Waals surface area contributed by atoms with E-state index in [1.807, 2.05) is 65.6 Å². The van der Waals surface area contributed by atoms with E-state index in [0.29, 0.717) is 5.11 Å². The maximum absolute atomic E-state index is 6.25. The van der Waals surface area contributed by atoms with Gasteiger partial charge in [-0.05, 0) is 35.5 Å². The maximum Gasteiger partial charge on any atom is 0.175 e. The molecule has 0 aromatic heterocycles. The van der Waals surface area contributed by atoms with Gasteiger partial charge >= 0.3 is 0 Å². The molecule has 0 aliphatic carbocycles. The maximum atomic E-state index is 6.25. The van der Waals surface area contributed by atoms with Crippen molar-refractivity contribution < 1.29 is 0 Å². The van der Waals surface area contributed by atoms with E-state index in [1.165, 1.54) is 0 Å². The zero-order chi connectivity index (χ0) is 19.3. The Bertz CT molecular complexity index is 1010. The van der Waals surface area contributed by atoms with Gasteiger partial charge in [0, 0.05) is 11.1 Å². The van der Waals surface area contributed by atoms with E-state index in [4.69, 9.17) is 18.0 Å². The molecule has 0 radical (unpaired) electrons. The Labute approximate surface area is 170 Å². The highest BCUT2D eigenvalue weighted by atomic mass is 32.1. The van der Waals surface area contributed by atoms with Crippen LogP contribution in [0.3, 0.4) is 0 Å². The van der Waals surface area contributed by atoms with Crippen molar-refractivity contribution >= 4 is 28.7 Å². The molecule has 0 saturated heterocycles. The van der Waals surface area contributed by atoms with Crippen molar-refractivity contribution in [2.45, 2.75) is 0 Å². The van der Waals surface area contributed by atoms with Crippen LogP contribution in [0.4, 0.5) is 11.4 Å². The van der Waals surface area contributed by atoms with Crippen LogP contribution in [0, 0.1) is 0 Å². The Balaban J connectivity index is 1.92. The summed E-state index contributed by atoms with van der Waals surface area (Å²) in [5.74, 6) is 0. The van der Waals surface area contributed by atoms with Gasteiger partial charge in [-0.2, -0.15) is 0 Å². The highest BCUT2D eigenvalue weighted by molar-refractivity contribution is 7.80. The third-order valence-corrected chi connectivity index (χ3v) is 4.86. The van der Waals surface area contributed by atoms with Crippen molar-refractivity contribution in [3.8, 4) is 22.3 Å². The van der Waals surface area contributed by atoms with Gasteiger partial charge in [-0.3, -0.25) is 4.90 Å². The minimum Gasteiger partial charge on any atom is -0.376 e. The fourth-order valence-electron chi connectivity index (χ4n) is 3.43. The van der Waals surface area contributed by atoms with Crippen molar-refractivity contribution in [1.82, 2.24) is 0 Å². The van der Waals surface area contributed by atoms with Crippen LogP contribution >= 0.6 is 12.2 Å². The summed E-state index contributed by atoms with van der Waals surface area (Å²) in [6.07, 6.45) is 0. The van der Waals surface area contributed by atoms with Crippen LogP contribution in [0.15, 0.2) is 109 Å². The number of para-hydroxylation sites is 2. The lowest BCUT2D eigenvalue weighted by atomic mass is 10.00. The smallest absolute Gasteiger partial charge is 0.175 e. The Morgan fingerprint density at radius 3 is 1.29 bits per heavy atom. The fourth-order valence-corrected chi connectivity index (χ4v) is 3.62. The second kappa shape index (κ2) is 8.07. The molecule has 3 heteroatoms. The molecule has 0 atom stereocenters. The lowest BCUT2D eigenvalue weighted by molar-refractivity contribution is 1.34. The molecule has 4 rings (SSSR count). The average Bonchev–Trinajstić information content (AvgIpc) is 2.76. The van der Waals surface area contributed by atoms with Gasteiger partial charge in [0.05, 0.1) is 11.4 Å². The van der Waals surface area contributed by atoms with Crippen LogP contribution in [-0.4, -0.2) is 5.11 Å². The first-order valence-corrected chi connectivity index (χ1v) is 9.55. The highest BCUT2D eigenvalue weighted by Crippen LogP contribution is 2.39. The number of anilines is 2. The number of nitrogens with zero attached hydrogens (tertiary/aromatic N) is 1. The average molecular weight is 381 g/mol. The predicted octanol–water partition coefficient (Wildman–Crippen LogP) is 6.40. The minimum absolute atomic E-state index is 0.312. The SMILES string of the molecule is NC(=S)N(c1ccccc1-c1ccccc1)c1ccccc1-c1ccccc1. The quantitative estimate of drug-likeness (QED) is 0.415. The van der Waals surface area contributed by atoms with E-state index in [1.54, 1.807) is 0 Å². The van der Waals surface area contributed by atoms with E-state index in [9.17, 15) is 0 Å². The van der Waals surface area contributed by atoms with Crippen molar-refractivity contribution in [2.24, 2.45) is 5.73 Å². The number of rotatable bonds is 4. The molecule has 0 aliphatic heterocycles. The zero-order valence-corrected chi connectivity index (χ0v) is 16.1. The molecular weight excluding hydrogens is 360 g/mol. The van der Waals surface area contributed by atoms with E-state index < -0.39 is 0 Å². The van der Waals surface area contributed by atoms with Gasteiger partial charge in [0.15, 0.2) is 5.11 Å². The molecule has 0 bridgehead atoms. The summed E-state index contributed by atoms with van der Waals surface area (Å²) < 4.78 is 0. The molecule has 0 amide bonds. The molecule has 0 heterocycles. The monoisotopic (exact) mass is 380 g/mol. The first-order valence-electron chi connectivity index (χ1n) is 9.14. The molecule has 0 fully saturated rings. The van der Waals surface area contributed by atoms with Gasteiger partial charge in [-0.1, -0.05) is 97.1 Å². The molecule has 2 nitrogen and oxygen atoms in total. The second-order valence-electron chi connectivity index (χ2n) is 6.44. The summed E-state index contributed by atoms with van der Waals surface area (Å²) in [4.78, 5) is 1.96. The molecule has 0 saturated carbocycles. The lowest BCUT2D eigenvalue weighted by Crippen LogP contribution is -2.32. The number of thiocarbonyl (C=S) groups is 1. The normalized spacial score (nSPS) is 10.4. The first-order chi connectivity index (χ1) is 13.8. The lowest BCUT2D eigenvalue weighted by Gasteiger charge is -2.28. The number of hydrogen-bond acceptors (Lipinski definition) is 1. The van der Waals surface area contributed by atoms with Crippen molar-refractivity contribution in [3.63, 3.8) is 0 Å². The third kappa shape index (κ3) is 3.53. The van der Waals surface area contributed by atoms with Gasteiger partial charge in [-0.25, -0.2) is 0 Å².